The summed E-state index contributed by atoms with van der Waals surface area (Å²) < 4.78 is 0. The number of rotatable bonds is 5. The van der Waals surface area contributed by atoms with E-state index in [9.17, 15) is 19.5 Å². The van der Waals surface area contributed by atoms with Gasteiger partial charge in [-0.25, -0.2) is 4.79 Å². The Morgan fingerprint density at radius 1 is 1.18 bits per heavy atom. The van der Waals surface area contributed by atoms with Gasteiger partial charge in [-0.2, -0.15) is 10.3 Å². The summed E-state index contributed by atoms with van der Waals surface area (Å²) in [5.74, 6) is -1.35. The number of carbonyl (C=O) groups is 3. The number of hydrogen-bond donors (Lipinski definition) is 2. The Kier molecular flexibility index (Phi) is 6.58. The molecule has 2 N–H and O–H groups in total. The fourth-order valence-corrected chi connectivity index (χ4v) is 2.67. The second-order valence-corrected chi connectivity index (χ2v) is 6.38. The van der Waals surface area contributed by atoms with Crippen molar-refractivity contribution in [2.75, 3.05) is 24.0 Å². The molecule has 0 saturated carbocycles. The van der Waals surface area contributed by atoms with Crippen molar-refractivity contribution in [1.29, 1.82) is 5.26 Å². The number of benzene rings is 2. The van der Waals surface area contributed by atoms with E-state index in [-0.39, 0.29) is 16.8 Å². The molecule has 0 radical (unpaired) electrons. The molecule has 0 aromatic heterocycles. The average molecular weight is 401 g/mol. The highest BCUT2D eigenvalue weighted by Gasteiger charge is 2.21. The third kappa shape index (κ3) is 4.99. The molecule has 9 heteroatoms. The van der Waals surface area contributed by atoms with Crippen molar-refractivity contribution in [3.8, 4) is 6.07 Å². The molecule has 144 valence electrons. The Bertz CT molecular complexity index is 969. The van der Waals surface area contributed by atoms with Gasteiger partial charge in [0.15, 0.2) is 5.78 Å². The lowest BCUT2D eigenvalue weighted by atomic mass is 10.1. The van der Waals surface area contributed by atoms with Crippen molar-refractivity contribution < 1.29 is 19.5 Å². The summed E-state index contributed by atoms with van der Waals surface area (Å²) in [7, 11) is 3.48. The van der Waals surface area contributed by atoms with Crippen LogP contribution in [0.15, 0.2) is 42.5 Å². The van der Waals surface area contributed by atoms with Crippen LogP contribution in [-0.4, -0.2) is 37.0 Å². The molecular weight excluding hydrogens is 384 g/mol. The summed E-state index contributed by atoms with van der Waals surface area (Å²) in [6, 6.07) is 12.3. The summed E-state index contributed by atoms with van der Waals surface area (Å²) in [6.07, 6.45) is -2.01. The summed E-state index contributed by atoms with van der Waals surface area (Å²) >= 11 is 6.08. The summed E-state index contributed by atoms with van der Waals surface area (Å²) in [5.41, 5.74) is 3.39. The fraction of sp³-hybridized carbons (Fsp3) is 0.158. The number of carbonyl (C=O) groups excluding carboxylic acids is 2. The smallest absolute Gasteiger partial charge is 0.431 e. The van der Waals surface area contributed by atoms with Crippen LogP contribution < -0.4 is 15.3 Å². The van der Waals surface area contributed by atoms with Crippen molar-refractivity contribution >= 4 is 40.8 Å². The van der Waals surface area contributed by atoms with E-state index >= 15 is 0 Å². The second kappa shape index (κ2) is 8.88. The molecule has 0 fully saturated rings. The van der Waals surface area contributed by atoms with Crippen LogP contribution >= 0.6 is 11.6 Å². The van der Waals surface area contributed by atoms with E-state index in [0.29, 0.717) is 15.7 Å². The lowest BCUT2D eigenvalue weighted by Crippen LogP contribution is -2.46. The molecule has 28 heavy (non-hydrogen) atoms. The van der Waals surface area contributed by atoms with Gasteiger partial charge in [0.05, 0.1) is 34.5 Å². The number of Topliss-reactive ketones (excluding diaryl/α,β-unsaturated/α-hetero) is 1. The minimum absolute atomic E-state index is 0.160. The molecule has 0 atom stereocenters. The second-order valence-electron chi connectivity index (χ2n) is 5.98. The van der Waals surface area contributed by atoms with Gasteiger partial charge in [-0.05, 0) is 30.3 Å². The third-order valence-electron chi connectivity index (χ3n) is 3.73. The average Bonchev–Trinajstić information content (AvgIpc) is 2.66. The summed E-state index contributed by atoms with van der Waals surface area (Å²) in [4.78, 5) is 37.7. The minimum atomic E-state index is -1.43. The van der Waals surface area contributed by atoms with Crippen LogP contribution in [0.5, 0.6) is 0 Å². The van der Waals surface area contributed by atoms with Gasteiger partial charge in [-0.15, -0.1) is 0 Å². The number of ketones is 1. The topological polar surface area (TPSA) is 114 Å². The molecule has 0 unspecified atom stereocenters. The number of carboxylic acid groups (broad SMARTS) is 1. The Hall–Kier alpha value is -3.57. The Morgan fingerprint density at radius 2 is 1.89 bits per heavy atom. The molecule has 0 heterocycles. The number of hydrogen-bond acceptors (Lipinski definition) is 5. The fourth-order valence-electron chi connectivity index (χ4n) is 2.38. The van der Waals surface area contributed by atoms with Gasteiger partial charge in [0.1, 0.15) is 0 Å². The predicted molar refractivity (Wildman–Crippen MR) is 105 cm³/mol. The minimum Gasteiger partial charge on any atom is -0.463 e. The van der Waals surface area contributed by atoms with Crippen molar-refractivity contribution in [3.63, 3.8) is 0 Å². The van der Waals surface area contributed by atoms with Gasteiger partial charge in [0.2, 0.25) is 5.91 Å². The zero-order valence-electron chi connectivity index (χ0n) is 15.1. The first kappa shape index (κ1) is 20.7. The van der Waals surface area contributed by atoms with Crippen molar-refractivity contribution in [2.45, 2.75) is 6.42 Å². The van der Waals surface area contributed by atoms with Crippen LogP contribution in [0.3, 0.4) is 0 Å². The van der Waals surface area contributed by atoms with E-state index in [2.05, 4.69) is 5.43 Å². The molecule has 0 aliphatic rings. The molecular formula is C19H17ClN4O4. The number of halogens is 1. The zero-order chi connectivity index (χ0) is 20.8. The van der Waals surface area contributed by atoms with Crippen LogP contribution in [-0.2, 0) is 4.79 Å². The Labute approximate surface area is 166 Å². The lowest BCUT2D eigenvalue weighted by Gasteiger charge is -2.22. The van der Waals surface area contributed by atoms with Gasteiger partial charge in [0.25, 0.3) is 0 Å². The van der Waals surface area contributed by atoms with Crippen LogP contribution in [0.25, 0.3) is 0 Å². The maximum Gasteiger partial charge on any atom is 0.431 e. The van der Waals surface area contributed by atoms with Crippen molar-refractivity contribution in [3.05, 3.63) is 58.6 Å². The van der Waals surface area contributed by atoms with Crippen LogP contribution in [0.4, 0.5) is 16.2 Å². The van der Waals surface area contributed by atoms with Crippen LogP contribution in [0.2, 0.25) is 5.02 Å². The Morgan fingerprint density at radius 3 is 2.50 bits per heavy atom. The summed E-state index contributed by atoms with van der Waals surface area (Å²) in [6.45, 7) is 0. The highest BCUT2D eigenvalue weighted by atomic mass is 35.5. The first-order chi connectivity index (χ1) is 13.2. The standard InChI is InChI=1S/C19H17ClN4O4/c1-23(2)16-9-14(6-7-15(16)20)24(19(27)28)22-18(26)10-17(25)13-5-3-4-12(8-13)11-21/h3-9H,10H2,1-2H3,(H,22,26)(H,27,28). The van der Waals surface area contributed by atoms with Gasteiger partial charge in [-0.3, -0.25) is 15.0 Å². The first-order valence-corrected chi connectivity index (χ1v) is 8.43. The molecule has 2 aromatic rings. The van der Waals surface area contributed by atoms with E-state index in [1.165, 1.54) is 42.5 Å². The molecule has 0 bridgehead atoms. The van der Waals surface area contributed by atoms with Gasteiger partial charge in [0, 0.05) is 19.7 Å². The molecule has 2 amide bonds. The number of amides is 2. The number of nitriles is 1. The number of hydrazine groups is 1. The quantitative estimate of drug-likeness (QED) is 0.453. The molecule has 2 aromatic carbocycles. The third-order valence-corrected chi connectivity index (χ3v) is 4.05. The van der Waals surface area contributed by atoms with Gasteiger partial charge >= 0.3 is 6.09 Å². The monoisotopic (exact) mass is 400 g/mol. The van der Waals surface area contributed by atoms with E-state index in [1.54, 1.807) is 19.0 Å². The van der Waals surface area contributed by atoms with E-state index in [4.69, 9.17) is 16.9 Å². The van der Waals surface area contributed by atoms with Gasteiger partial charge in [-0.1, -0.05) is 23.7 Å². The highest BCUT2D eigenvalue weighted by Crippen LogP contribution is 2.29. The Balaban J connectivity index is 2.17. The van der Waals surface area contributed by atoms with Gasteiger partial charge < -0.3 is 10.0 Å². The molecule has 2 rings (SSSR count). The number of nitrogens with one attached hydrogen (secondary N) is 1. The SMILES string of the molecule is CN(C)c1cc(N(NC(=O)CC(=O)c2cccc(C#N)c2)C(=O)O)ccc1Cl. The molecule has 0 spiro atoms. The molecule has 8 nitrogen and oxygen atoms in total. The lowest BCUT2D eigenvalue weighted by molar-refractivity contribution is -0.120. The maximum atomic E-state index is 12.2. The zero-order valence-corrected chi connectivity index (χ0v) is 15.9. The first-order valence-electron chi connectivity index (χ1n) is 8.05. The normalized spacial score (nSPS) is 9.93. The van der Waals surface area contributed by atoms with E-state index in [0.717, 1.165) is 0 Å². The molecule has 0 aliphatic carbocycles. The van der Waals surface area contributed by atoms with Crippen molar-refractivity contribution in [2.24, 2.45) is 0 Å². The molecule has 0 saturated heterocycles. The largest absolute Gasteiger partial charge is 0.463 e. The van der Waals surface area contributed by atoms with E-state index < -0.39 is 24.2 Å². The van der Waals surface area contributed by atoms with Crippen LogP contribution in [0.1, 0.15) is 22.3 Å². The van der Waals surface area contributed by atoms with E-state index in [1.807, 2.05) is 6.07 Å². The molecule has 0 aliphatic heterocycles. The number of anilines is 2. The van der Waals surface area contributed by atoms with Crippen LogP contribution in [0, 0.1) is 11.3 Å². The van der Waals surface area contributed by atoms with Crippen molar-refractivity contribution in [1.82, 2.24) is 5.43 Å². The number of nitrogens with zero attached hydrogens (tertiary/aromatic N) is 3. The highest BCUT2D eigenvalue weighted by molar-refractivity contribution is 6.33. The summed E-state index contributed by atoms with van der Waals surface area (Å²) in [5, 5.41) is 19.4. The maximum absolute atomic E-state index is 12.2. The predicted octanol–water partition coefficient (Wildman–Crippen LogP) is 3.07.